The molecular formula is C72H128O6. The van der Waals surface area contributed by atoms with Crippen LogP contribution in [0.5, 0.6) is 0 Å². The van der Waals surface area contributed by atoms with Gasteiger partial charge in [-0.1, -0.05) is 325 Å². The van der Waals surface area contributed by atoms with E-state index in [0.29, 0.717) is 19.3 Å². The highest BCUT2D eigenvalue weighted by Gasteiger charge is 2.19. The van der Waals surface area contributed by atoms with Gasteiger partial charge in [0.25, 0.3) is 0 Å². The minimum Gasteiger partial charge on any atom is -0.462 e. The molecule has 0 bridgehead atoms. The van der Waals surface area contributed by atoms with Crippen molar-refractivity contribution in [3.8, 4) is 0 Å². The van der Waals surface area contributed by atoms with Gasteiger partial charge in [0.05, 0.1) is 0 Å². The van der Waals surface area contributed by atoms with Crippen LogP contribution < -0.4 is 0 Å². The second-order valence-electron chi connectivity index (χ2n) is 22.7. The van der Waals surface area contributed by atoms with Crippen LogP contribution in [0.4, 0.5) is 0 Å². The molecule has 0 N–H and O–H groups in total. The zero-order chi connectivity index (χ0) is 56.4. The summed E-state index contributed by atoms with van der Waals surface area (Å²) >= 11 is 0. The van der Waals surface area contributed by atoms with Gasteiger partial charge in [-0.2, -0.15) is 0 Å². The van der Waals surface area contributed by atoms with Crippen LogP contribution in [0.1, 0.15) is 348 Å². The number of allylic oxidation sites excluding steroid dienone is 12. The van der Waals surface area contributed by atoms with E-state index in [1.165, 1.54) is 231 Å². The smallest absolute Gasteiger partial charge is 0.306 e. The summed E-state index contributed by atoms with van der Waals surface area (Å²) in [4.78, 5) is 38.2. The third kappa shape index (κ3) is 63.7. The molecule has 452 valence electrons. The number of hydrogen-bond donors (Lipinski definition) is 0. The minimum atomic E-state index is -0.801. The molecule has 0 aromatic carbocycles. The molecule has 0 fully saturated rings. The van der Waals surface area contributed by atoms with Gasteiger partial charge in [0, 0.05) is 19.3 Å². The summed E-state index contributed by atoms with van der Waals surface area (Å²) in [6.07, 6.45) is 86.7. The SMILES string of the molecule is CC/C=C\C/C=C\C/C=C\C/C=C\CCC(=O)OCC(COC(=O)CCCCCCCCCCCCCCCCCCCCC/C=C\C/C=C\CCCCCCC)OC(=O)CCCCCCCCCCCCCCCCCC. The zero-order valence-electron chi connectivity index (χ0n) is 51.9. The number of carbonyl (C=O) groups excluding carboxylic acids is 3. The Morgan fingerprint density at radius 3 is 0.859 bits per heavy atom. The van der Waals surface area contributed by atoms with Crippen LogP contribution in [0.3, 0.4) is 0 Å². The van der Waals surface area contributed by atoms with Gasteiger partial charge in [-0.3, -0.25) is 14.4 Å². The molecule has 0 saturated carbocycles. The van der Waals surface area contributed by atoms with Crippen LogP contribution in [-0.4, -0.2) is 37.2 Å². The first-order chi connectivity index (χ1) is 38.5. The summed E-state index contributed by atoms with van der Waals surface area (Å²) in [5, 5.41) is 0. The Labute approximate surface area is 484 Å². The zero-order valence-corrected chi connectivity index (χ0v) is 51.9. The van der Waals surface area contributed by atoms with Gasteiger partial charge in [-0.25, -0.2) is 0 Å². The molecule has 1 unspecified atom stereocenters. The van der Waals surface area contributed by atoms with Crippen molar-refractivity contribution >= 4 is 17.9 Å². The van der Waals surface area contributed by atoms with Crippen LogP contribution in [0.25, 0.3) is 0 Å². The predicted molar refractivity (Wildman–Crippen MR) is 339 cm³/mol. The van der Waals surface area contributed by atoms with Crippen molar-refractivity contribution in [2.45, 2.75) is 354 Å². The summed E-state index contributed by atoms with van der Waals surface area (Å²) < 4.78 is 16.9. The van der Waals surface area contributed by atoms with Gasteiger partial charge >= 0.3 is 17.9 Å². The van der Waals surface area contributed by atoms with Crippen molar-refractivity contribution in [3.63, 3.8) is 0 Å². The average molecular weight is 1090 g/mol. The lowest BCUT2D eigenvalue weighted by Gasteiger charge is -2.18. The lowest BCUT2D eigenvalue weighted by molar-refractivity contribution is -0.166. The number of ether oxygens (including phenoxy) is 3. The highest BCUT2D eigenvalue weighted by Crippen LogP contribution is 2.18. The molecule has 0 saturated heterocycles. The van der Waals surface area contributed by atoms with Crippen molar-refractivity contribution in [2.24, 2.45) is 0 Å². The highest BCUT2D eigenvalue weighted by molar-refractivity contribution is 5.71. The topological polar surface area (TPSA) is 78.9 Å². The first kappa shape index (κ1) is 74.8. The molecule has 1 atom stereocenters. The molecule has 0 aliphatic heterocycles. The van der Waals surface area contributed by atoms with Crippen molar-refractivity contribution in [1.29, 1.82) is 0 Å². The van der Waals surface area contributed by atoms with Crippen LogP contribution >= 0.6 is 0 Å². The van der Waals surface area contributed by atoms with E-state index >= 15 is 0 Å². The lowest BCUT2D eigenvalue weighted by atomic mass is 10.0. The monoisotopic (exact) mass is 1090 g/mol. The normalized spacial score (nSPS) is 12.5. The van der Waals surface area contributed by atoms with E-state index in [-0.39, 0.29) is 37.5 Å². The van der Waals surface area contributed by atoms with E-state index in [4.69, 9.17) is 14.2 Å². The van der Waals surface area contributed by atoms with Crippen LogP contribution in [0, 0.1) is 0 Å². The molecule has 0 heterocycles. The summed E-state index contributed by atoms with van der Waals surface area (Å²) in [6, 6.07) is 0. The second kappa shape index (κ2) is 66.4. The standard InChI is InChI=1S/C72H128O6/c1-4-7-10-13-16-19-22-25-27-29-30-31-32-33-34-35-36-37-38-39-40-41-42-43-45-47-50-53-56-59-62-65-71(74)77-68-69(67-76-70(73)64-61-58-55-52-49-46-24-21-18-15-12-9-6-3)78-72(75)66-63-60-57-54-51-48-44-28-26-23-20-17-14-11-8-5-2/h9,12,18,21-22,25,29-30,46,49,55,58,69H,4-8,10-11,13-17,19-20,23-24,26-28,31-45,47-48,50-54,56-57,59-68H2,1-3H3/b12-9-,21-18-,25-22-,30-29-,49-46-,58-55-. The fourth-order valence-corrected chi connectivity index (χ4v) is 9.90. The van der Waals surface area contributed by atoms with Gasteiger partial charge in [0.1, 0.15) is 13.2 Å². The average Bonchev–Trinajstić information content (AvgIpc) is 3.44. The van der Waals surface area contributed by atoms with Crippen LogP contribution in [0.2, 0.25) is 0 Å². The Morgan fingerprint density at radius 1 is 0.269 bits per heavy atom. The fourth-order valence-electron chi connectivity index (χ4n) is 9.90. The summed E-state index contributed by atoms with van der Waals surface area (Å²) in [7, 11) is 0. The summed E-state index contributed by atoms with van der Waals surface area (Å²) in [6.45, 7) is 6.50. The first-order valence-electron chi connectivity index (χ1n) is 33.9. The van der Waals surface area contributed by atoms with Crippen molar-refractivity contribution in [2.75, 3.05) is 13.2 Å². The predicted octanol–water partition coefficient (Wildman–Crippen LogP) is 23.3. The molecule has 0 spiro atoms. The van der Waals surface area contributed by atoms with Crippen molar-refractivity contribution in [1.82, 2.24) is 0 Å². The Hall–Kier alpha value is -3.15. The van der Waals surface area contributed by atoms with Gasteiger partial charge < -0.3 is 14.2 Å². The summed E-state index contributed by atoms with van der Waals surface area (Å²) in [5.41, 5.74) is 0. The molecule has 0 aliphatic carbocycles. The number of rotatable bonds is 62. The van der Waals surface area contributed by atoms with Crippen LogP contribution in [-0.2, 0) is 28.6 Å². The molecule has 0 radical (unpaired) electrons. The van der Waals surface area contributed by atoms with E-state index in [0.717, 1.165) is 70.6 Å². The number of carbonyl (C=O) groups is 3. The maximum absolute atomic E-state index is 12.9. The molecular weight excluding hydrogens is 961 g/mol. The van der Waals surface area contributed by atoms with Gasteiger partial charge in [0.2, 0.25) is 0 Å². The molecule has 0 aromatic rings. The third-order valence-corrected chi connectivity index (χ3v) is 15.0. The van der Waals surface area contributed by atoms with E-state index in [2.05, 4.69) is 87.6 Å². The molecule has 0 rings (SSSR count). The molecule has 6 heteroatoms. The second-order valence-corrected chi connectivity index (χ2v) is 22.7. The number of hydrogen-bond acceptors (Lipinski definition) is 6. The highest BCUT2D eigenvalue weighted by atomic mass is 16.6. The largest absolute Gasteiger partial charge is 0.462 e. The molecule has 0 aliphatic rings. The van der Waals surface area contributed by atoms with Crippen molar-refractivity contribution in [3.05, 3.63) is 72.9 Å². The fraction of sp³-hybridized carbons (Fsp3) is 0.792. The Morgan fingerprint density at radius 2 is 0.526 bits per heavy atom. The summed E-state index contributed by atoms with van der Waals surface area (Å²) in [5.74, 6) is -0.959. The van der Waals surface area contributed by atoms with Crippen molar-refractivity contribution < 1.29 is 28.6 Å². The minimum absolute atomic E-state index is 0.0928. The van der Waals surface area contributed by atoms with E-state index < -0.39 is 6.10 Å². The first-order valence-corrected chi connectivity index (χ1v) is 33.9. The number of unbranched alkanes of at least 4 members (excludes halogenated alkanes) is 39. The van der Waals surface area contributed by atoms with Gasteiger partial charge in [-0.05, 0) is 77.0 Å². The molecule has 0 aromatic heterocycles. The molecule has 78 heavy (non-hydrogen) atoms. The number of esters is 3. The Balaban J connectivity index is 4.18. The van der Waals surface area contributed by atoms with E-state index in [1.54, 1.807) is 0 Å². The van der Waals surface area contributed by atoms with Gasteiger partial charge in [0.15, 0.2) is 6.10 Å². The quantitative estimate of drug-likeness (QED) is 0.0261. The van der Waals surface area contributed by atoms with Crippen LogP contribution in [0.15, 0.2) is 72.9 Å². The molecule has 0 amide bonds. The maximum Gasteiger partial charge on any atom is 0.306 e. The maximum atomic E-state index is 12.9. The Bertz CT molecular complexity index is 1440. The van der Waals surface area contributed by atoms with Gasteiger partial charge in [-0.15, -0.1) is 0 Å². The lowest BCUT2D eigenvalue weighted by Crippen LogP contribution is -2.30. The van der Waals surface area contributed by atoms with E-state index in [1.807, 2.05) is 6.08 Å². The Kier molecular flexibility index (Phi) is 63.7. The third-order valence-electron chi connectivity index (χ3n) is 15.0. The molecule has 6 nitrogen and oxygen atoms in total. The van der Waals surface area contributed by atoms with E-state index in [9.17, 15) is 14.4 Å².